The van der Waals surface area contributed by atoms with Gasteiger partial charge in [0.25, 0.3) is 0 Å². The molecule has 0 N–H and O–H groups in total. The van der Waals surface area contributed by atoms with Crippen molar-refractivity contribution in [1.82, 2.24) is 14.9 Å². The molecule has 2 aromatic rings. The molecule has 6 heteroatoms. The molecule has 2 fully saturated rings. The highest BCUT2D eigenvalue weighted by Gasteiger charge is 2.44. The van der Waals surface area contributed by atoms with Gasteiger partial charge in [-0.15, -0.1) is 0 Å². The maximum absolute atomic E-state index is 12.6. The van der Waals surface area contributed by atoms with Gasteiger partial charge < -0.3 is 14.5 Å². The fourth-order valence-corrected chi connectivity index (χ4v) is 4.15. The van der Waals surface area contributed by atoms with Crippen LogP contribution in [0, 0.1) is 5.41 Å². The van der Waals surface area contributed by atoms with Crippen LogP contribution in [0.4, 0.5) is 5.95 Å². The van der Waals surface area contributed by atoms with Crippen LogP contribution in [0.1, 0.15) is 31.2 Å². The Bertz CT molecular complexity index is 771. The monoisotopic (exact) mass is 366 g/mol. The van der Waals surface area contributed by atoms with Crippen LogP contribution in [0.3, 0.4) is 0 Å². The summed E-state index contributed by atoms with van der Waals surface area (Å²) < 4.78 is 5.76. The van der Waals surface area contributed by atoms with Crippen LogP contribution >= 0.6 is 0 Å². The molecule has 0 unspecified atom stereocenters. The fourth-order valence-electron chi connectivity index (χ4n) is 4.15. The van der Waals surface area contributed by atoms with E-state index >= 15 is 0 Å². The second-order valence-electron chi connectivity index (χ2n) is 7.59. The molecule has 0 aliphatic carbocycles. The minimum Gasteiger partial charge on any atom is -0.486 e. The van der Waals surface area contributed by atoms with Crippen LogP contribution in [0.2, 0.25) is 0 Å². The quantitative estimate of drug-likeness (QED) is 0.833. The summed E-state index contributed by atoms with van der Waals surface area (Å²) in [5, 5.41) is 0. The first kappa shape index (κ1) is 17.8. The second kappa shape index (κ2) is 7.55. The van der Waals surface area contributed by atoms with Gasteiger partial charge in [0, 0.05) is 26.7 Å². The summed E-state index contributed by atoms with van der Waals surface area (Å²) in [4.78, 5) is 25.7. The van der Waals surface area contributed by atoms with Gasteiger partial charge in [-0.3, -0.25) is 4.79 Å². The first-order chi connectivity index (χ1) is 13.2. The van der Waals surface area contributed by atoms with Crippen LogP contribution < -0.4 is 9.64 Å². The number of carbonyl (C=O) groups excluding carboxylic acids is 1. The predicted octanol–water partition coefficient (Wildman–Crippen LogP) is 2.89. The van der Waals surface area contributed by atoms with Crippen LogP contribution in [-0.4, -0.2) is 47.5 Å². The number of likely N-dealkylation sites (tertiary alicyclic amines) is 1. The molecule has 0 atom stereocenters. The van der Waals surface area contributed by atoms with Crippen molar-refractivity contribution in [3.63, 3.8) is 0 Å². The molecule has 142 valence electrons. The third-order valence-corrected chi connectivity index (χ3v) is 5.82. The zero-order valence-electron chi connectivity index (χ0n) is 15.8. The summed E-state index contributed by atoms with van der Waals surface area (Å²) >= 11 is 0. The molecule has 1 aromatic heterocycles. The molecule has 0 bridgehead atoms. The van der Waals surface area contributed by atoms with E-state index in [-0.39, 0.29) is 5.41 Å². The molecule has 2 aliphatic rings. The molecular formula is C21H26N4O2. The van der Waals surface area contributed by atoms with Crippen LogP contribution in [0.5, 0.6) is 5.75 Å². The number of rotatable bonds is 4. The predicted molar refractivity (Wildman–Crippen MR) is 104 cm³/mol. The van der Waals surface area contributed by atoms with E-state index in [2.05, 4.69) is 14.9 Å². The Morgan fingerprint density at radius 1 is 1.04 bits per heavy atom. The van der Waals surface area contributed by atoms with Crippen LogP contribution in [0.15, 0.2) is 42.7 Å². The fraction of sp³-hybridized carbons (Fsp3) is 0.476. The van der Waals surface area contributed by atoms with E-state index < -0.39 is 0 Å². The van der Waals surface area contributed by atoms with Crippen molar-refractivity contribution >= 4 is 11.9 Å². The molecule has 27 heavy (non-hydrogen) atoms. The van der Waals surface area contributed by atoms with Gasteiger partial charge in [0.05, 0.1) is 17.8 Å². The number of ether oxygens (including phenoxy) is 1. The van der Waals surface area contributed by atoms with Crippen molar-refractivity contribution in [3.05, 3.63) is 48.3 Å². The van der Waals surface area contributed by atoms with E-state index in [0.717, 1.165) is 50.9 Å². The van der Waals surface area contributed by atoms with Crippen molar-refractivity contribution in [2.24, 2.45) is 5.41 Å². The number of aromatic nitrogens is 2. The smallest absolute Gasteiger partial charge is 0.228 e. The topological polar surface area (TPSA) is 58.6 Å². The lowest BCUT2D eigenvalue weighted by Crippen LogP contribution is -2.52. The van der Waals surface area contributed by atoms with Gasteiger partial charge in [-0.2, -0.15) is 0 Å². The summed E-state index contributed by atoms with van der Waals surface area (Å²) in [7, 11) is 1.92. The number of benzene rings is 1. The third kappa shape index (κ3) is 3.75. The van der Waals surface area contributed by atoms with E-state index in [9.17, 15) is 4.79 Å². The molecule has 0 saturated carbocycles. The number of hydrogen-bond acceptors (Lipinski definition) is 5. The molecule has 6 nitrogen and oxygen atoms in total. The van der Waals surface area contributed by atoms with Gasteiger partial charge in [-0.1, -0.05) is 30.3 Å². The van der Waals surface area contributed by atoms with Gasteiger partial charge in [-0.05, 0) is 31.2 Å². The maximum Gasteiger partial charge on any atom is 0.228 e. The second-order valence-corrected chi connectivity index (χ2v) is 7.59. The van der Waals surface area contributed by atoms with E-state index in [1.807, 2.05) is 42.3 Å². The minimum absolute atomic E-state index is 0.164. The molecule has 0 radical (unpaired) electrons. The van der Waals surface area contributed by atoms with Crippen LogP contribution in [0.25, 0.3) is 0 Å². The summed E-state index contributed by atoms with van der Waals surface area (Å²) in [6.45, 7) is 3.04. The largest absolute Gasteiger partial charge is 0.486 e. The number of anilines is 1. The summed E-state index contributed by atoms with van der Waals surface area (Å²) in [5.41, 5.74) is 0.951. The van der Waals surface area contributed by atoms with Crippen molar-refractivity contribution in [1.29, 1.82) is 0 Å². The lowest BCUT2D eigenvalue weighted by Gasteiger charge is -2.45. The standard InChI is InChI=1S/C21H26N4O2/c1-24-11-5-8-21(19(24)26)9-12-25(13-10-21)20-22-14-18(15-23-20)27-16-17-6-3-2-4-7-17/h2-4,6-7,14-15H,5,8-13,16H2,1H3. The summed E-state index contributed by atoms with van der Waals surface area (Å²) in [6.07, 6.45) is 7.34. The lowest BCUT2D eigenvalue weighted by atomic mass is 9.72. The average molecular weight is 366 g/mol. The Morgan fingerprint density at radius 2 is 1.74 bits per heavy atom. The average Bonchev–Trinajstić information content (AvgIpc) is 2.72. The number of nitrogens with zero attached hydrogens (tertiary/aromatic N) is 4. The van der Waals surface area contributed by atoms with E-state index in [0.29, 0.717) is 24.2 Å². The van der Waals surface area contributed by atoms with Gasteiger partial charge in [0.2, 0.25) is 11.9 Å². The van der Waals surface area contributed by atoms with E-state index in [1.54, 1.807) is 12.4 Å². The van der Waals surface area contributed by atoms with Crippen molar-refractivity contribution in [3.8, 4) is 5.75 Å². The Kier molecular flexibility index (Phi) is 4.97. The Hall–Kier alpha value is -2.63. The molecule has 1 amide bonds. The number of piperidine rings is 2. The molecule has 1 aromatic carbocycles. The molecule has 4 rings (SSSR count). The Balaban J connectivity index is 1.34. The van der Waals surface area contributed by atoms with Gasteiger partial charge >= 0.3 is 0 Å². The zero-order chi connectivity index (χ0) is 18.7. The normalized spacial score (nSPS) is 19.4. The third-order valence-electron chi connectivity index (χ3n) is 5.82. The van der Waals surface area contributed by atoms with Crippen molar-refractivity contribution in [2.75, 3.05) is 31.6 Å². The number of hydrogen-bond donors (Lipinski definition) is 0. The molecular weight excluding hydrogens is 340 g/mol. The van der Waals surface area contributed by atoms with Gasteiger partial charge in [0.15, 0.2) is 5.75 Å². The van der Waals surface area contributed by atoms with Crippen molar-refractivity contribution in [2.45, 2.75) is 32.3 Å². The number of carbonyl (C=O) groups is 1. The van der Waals surface area contributed by atoms with Crippen molar-refractivity contribution < 1.29 is 9.53 Å². The molecule has 2 saturated heterocycles. The SMILES string of the molecule is CN1CCCC2(CCN(c3ncc(OCc4ccccc4)cn3)CC2)C1=O. The lowest BCUT2D eigenvalue weighted by molar-refractivity contribution is -0.146. The van der Waals surface area contributed by atoms with Crippen LogP contribution in [-0.2, 0) is 11.4 Å². The van der Waals surface area contributed by atoms with Gasteiger partial charge in [-0.25, -0.2) is 9.97 Å². The highest BCUT2D eigenvalue weighted by molar-refractivity contribution is 5.83. The van der Waals surface area contributed by atoms with E-state index in [4.69, 9.17) is 4.74 Å². The molecule has 3 heterocycles. The highest BCUT2D eigenvalue weighted by Crippen LogP contribution is 2.41. The molecule has 1 spiro atoms. The van der Waals surface area contributed by atoms with E-state index in [1.165, 1.54) is 0 Å². The Morgan fingerprint density at radius 3 is 2.44 bits per heavy atom. The summed E-state index contributed by atoms with van der Waals surface area (Å²) in [5.74, 6) is 1.70. The summed E-state index contributed by atoms with van der Waals surface area (Å²) in [6, 6.07) is 10.0. The highest BCUT2D eigenvalue weighted by atomic mass is 16.5. The molecule has 2 aliphatic heterocycles. The first-order valence-corrected chi connectivity index (χ1v) is 9.66. The maximum atomic E-state index is 12.6. The zero-order valence-corrected chi connectivity index (χ0v) is 15.8. The Labute approximate surface area is 160 Å². The minimum atomic E-state index is -0.164. The van der Waals surface area contributed by atoms with Gasteiger partial charge in [0.1, 0.15) is 6.61 Å². The first-order valence-electron chi connectivity index (χ1n) is 9.66. The number of amides is 1.